The SMILES string of the molecule is CCC(C)N(Cc1cc2ccccc2nc1Cl)C(=O)CC(C)(C)C. The highest BCUT2D eigenvalue weighted by molar-refractivity contribution is 6.30. The van der Waals surface area contributed by atoms with Crippen molar-refractivity contribution in [3.05, 3.63) is 41.0 Å². The van der Waals surface area contributed by atoms with Crippen molar-refractivity contribution in [3.8, 4) is 0 Å². The van der Waals surface area contributed by atoms with Gasteiger partial charge in [-0.3, -0.25) is 4.79 Å². The summed E-state index contributed by atoms with van der Waals surface area (Å²) in [7, 11) is 0. The molecule has 0 saturated heterocycles. The second-order valence-electron chi connectivity index (χ2n) is 7.65. The first-order valence-electron chi connectivity index (χ1n) is 8.55. The topological polar surface area (TPSA) is 33.2 Å². The summed E-state index contributed by atoms with van der Waals surface area (Å²) in [6.45, 7) is 10.9. The lowest BCUT2D eigenvalue weighted by atomic mass is 9.91. The van der Waals surface area contributed by atoms with E-state index in [0.29, 0.717) is 18.1 Å². The maximum Gasteiger partial charge on any atom is 0.223 e. The van der Waals surface area contributed by atoms with E-state index in [4.69, 9.17) is 11.6 Å². The summed E-state index contributed by atoms with van der Waals surface area (Å²) in [6, 6.07) is 10.1. The van der Waals surface area contributed by atoms with E-state index in [9.17, 15) is 4.79 Å². The van der Waals surface area contributed by atoms with Crippen molar-refractivity contribution < 1.29 is 4.79 Å². The van der Waals surface area contributed by atoms with Gasteiger partial charge >= 0.3 is 0 Å². The fourth-order valence-corrected chi connectivity index (χ4v) is 2.90. The number of nitrogens with zero attached hydrogens (tertiary/aromatic N) is 2. The molecule has 1 heterocycles. The molecule has 24 heavy (non-hydrogen) atoms. The summed E-state index contributed by atoms with van der Waals surface area (Å²) >= 11 is 6.38. The van der Waals surface area contributed by atoms with Crippen molar-refractivity contribution in [1.29, 1.82) is 0 Å². The number of aromatic nitrogens is 1. The molecule has 130 valence electrons. The first kappa shape index (κ1) is 18.7. The Morgan fingerprint density at radius 1 is 1.29 bits per heavy atom. The average molecular weight is 347 g/mol. The Labute approximate surface area is 150 Å². The number of para-hydroxylation sites is 1. The number of fused-ring (bicyclic) bond motifs is 1. The number of pyridine rings is 1. The van der Waals surface area contributed by atoms with Crippen LogP contribution in [-0.4, -0.2) is 21.8 Å². The number of rotatable bonds is 5. The number of hydrogen-bond acceptors (Lipinski definition) is 2. The molecule has 1 atom stereocenters. The molecule has 0 radical (unpaired) electrons. The number of hydrogen-bond donors (Lipinski definition) is 0. The van der Waals surface area contributed by atoms with Gasteiger partial charge in [-0.2, -0.15) is 0 Å². The van der Waals surface area contributed by atoms with Gasteiger partial charge in [0.1, 0.15) is 5.15 Å². The normalized spacial score (nSPS) is 13.1. The molecule has 1 aromatic heterocycles. The minimum atomic E-state index is -0.0335. The van der Waals surface area contributed by atoms with E-state index in [1.54, 1.807) is 0 Å². The van der Waals surface area contributed by atoms with E-state index in [1.807, 2.05) is 35.2 Å². The molecule has 0 saturated carbocycles. The van der Waals surface area contributed by atoms with Crippen molar-refractivity contribution in [2.75, 3.05) is 0 Å². The van der Waals surface area contributed by atoms with Crippen LogP contribution < -0.4 is 0 Å². The van der Waals surface area contributed by atoms with Gasteiger partial charge in [0.2, 0.25) is 5.91 Å². The van der Waals surface area contributed by atoms with Gasteiger partial charge < -0.3 is 4.90 Å². The summed E-state index contributed by atoms with van der Waals surface area (Å²) in [5, 5.41) is 1.52. The maximum absolute atomic E-state index is 12.8. The Morgan fingerprint density at radius 3 is 2.58 bits per heavy atom. The average Bonchev–Trinajstić information content (AvgIpc) is 2.50. The van der Waals surface area contributed by atoms with Crippen molar-refractivity contribution in [3.63, 3.8) is 0 Å². The Kier molecular flexibility index (Phi) is 5.87. The summed E-state index contributed by atoms with van der Waals surface area (Å²) < 4.78 is 0. The molecule has 1 amide bonds. The minimum absolute atomic E-state index is 0.0335. The molecule has 2 rings (SSSR count). The van der Waals surface area contributed by atoms with Crippen LogP contribution >= 0.6 is 11.6 Å². The van der Waals surface area contributed by atoms with Gasteiger partial charge in [0.25, 0.3) is 0 Å². The third-order valence-electron chi connectivity index (χ3n) is 4.22. The molecular formula is C20H27ClN2O. The van der Waals surface area contributed by atoms with E-state index in [-0.39, 0.29) is 17.4 Å². The lowest BCUT2D eigenvalue weighted by Gasteiger charge is -2.31. The lowest BCUT2D eigenvalue weighted by Crippen LogP contribution is -2.39. The van der Waals surface area contributed by atoms with Crippen LogP contribution in [0.3, 0.4) is 0 Å². The van der Waals surface area contributed by atoms with Crippen LogP contribution in [0.5, 0.6) is 0 Å². The molecular weight excluding hydrogens is 320 g/mol. The van der Waals surface area contributed by atoms with E-state index < -0.39 is 0 Å². The number of carbonyl (C=O) groups is 1. The Bertz CT molecular complexity index is 721. The van der Waals surface area contributed by atoms with E-state index >= 15 is 0 Å². The molecule has 3 nitrogen and oxygen atoms in total. The molecule has 0 spiro atoms. The first-order valence-corrected chi connectivity index (χ1v) is 8.92. The third kappa shape index (κ3) is 4.70. The van der Waals surface area contributed by atoms with Crippen molar-refractivity contribution >= 4 is 28.4 Å². The zero-order chi connectivity index (χ0) is 17.9. The number of benzene rings is 1. The highest BCUT2D eigenvalue weighted by Crippen LogP contribution is 2.26. The molecule has 1 unspecified atom stereocenters. The first-order chi connectivity index (χ1) is 11.2. The van der Waals surface area contributed by atoms with Crippen LogP contribution in [-0.2, 0) is 11.3 Å². The van der Waals surface area contributed by atoms with Crippen LogP contribution in [0.1, 0.15) is 53.0 Å². The highest BCUT2D eigenvalue weighted by atomic mass is 35.5. The van der Waals surface area contributed by atoms with Gasteiger partial charge in [0.05, 0.1) is 5.52 Å². The largest absolute Gasteiger partial charge is 0.336 e. The summed E-state index contributed by atoms with van der Waals surface area (Å²) in [4.78, 5) is 19.2. The lowest BCUT2D eigenvalue weighted by molar-refractivity contribution is -0.135. The molecule has 1 aromatic carbocycles. The van der Waals surface area contributed by atoms with Gasteiger partial charge in [-0.15, -0.1) is 0 Å². The fourth-order valence-electron chi connectivity index (χ4n) is 2.70. The Balaban J connectivity index is 2.32. The number of carbonyl (C=O) groups excluding carboxylic acids is 1. The second kappa shape index (κ2) is 7.52. The minimum Gasteiger partial charge on any atom is -0.336 e. The van der Waals surface area contributed by atoms with Gasteiger partial charge in [-0.25, -0.2) is 4.98 Å². The highest BCUT2D eigenvalue weighted by Gasteiger charge is 2.25. The van der Waals surface area contributed by atoms with Crippen LogP contribution in [0, 0.1) is 5.41 Å². The van der Waals surface area contributed by atoms with Crippen LogP contribution in [0.4, 0.5) is 0 Å². The Morgan fingerprint density at radius 2 is 1.96 bits per heavy atom. The van der Waals surface area contributed by atoms with Crippen LogP contribution in [0.2, 0.25) is 5.15 Å². The fraction of sp³-hybridized carbons (Fsp3) is 0.500. The van der Waals surface area contributed by atoms with Gasteiger partial charge in [0, 0.05) is 30.0 Å². The van der Waals surface area contributed by atoms with Gasteiger partial charge in [-0.05, 0) is 30.9 Å². The van der Waals surface area contributed by atoms with Crippen molar-refractivity contribution in [2.45, 2.75) is 60.0 Å². The predicted octanol–water partition coefficient (Wildman–Crippen LogP) is 5.45. The number of halogens is 1. The van der Waals surface area contributed by atoms with E-state index in [2.05, 4.69) is 39.6 Å². The molecule has 0 aliphatic rings. The maximum atomic E-state index is 12.8. The summed E-state index contributed by atoms with van der Waals surface area (Å²) in [5.41, 5.74) is 1.74. The van der Waals surface area contributed by atoms with Gasteiger partial charge in [-0.1, -0.05) is 57.5 Å². The molecule has 0 N–H and O–H groups in total. The van der Waals surface area contributed by atoms with Crippen molar-refractivity contribution in [2.24, 2.45) is 5.41 Å². The molecule has 0 fully saturated rings. The third-order valence-corrected chi connectivity index (χ3v) is 4.54. The Hall–Kier alpha value is -1.61. The van der Waals surface area contributed by atoms with E-state index in [1.165, 1.54) is 0 Å². The number of amides is 1. The van der Waals surface area contributed by atoms with Gasteiger partial charge in [0.15, 0.2) is 0 Å². The zero-order valence-corrected chi connectivity index (χ0v) is 16.0. The van der Waals surface area contributed by atoms with Crippen LogP contribution in [0.15, 0.2) is 30.3 Å². The second-order valence-corrected chi connectivity index (χ2v) is 8.01. The smallest absolute Gasteiger partial charge is 0.223 e. The van der Waals surface area contributed by atoms with Crippen molar-refractivity contribution in [1.82, 2.24) is 9.88 Å². The molecule has 0 aliphatic heterocycles. The molecule has 0 aliphatic carbocycles. The zero-order valence-electron chi connectivity index (χ0n) is 15.3. The molecule has 4 heteroatoms. The standard InChI is InChI=1S/C20H27ClN2O/c1-6-14(2)23(18(24)12-20(3,4)5)13-16-11-15-9-7-8-10-17(15)22-19(16)21/h7-11,14H,6,12-13H2,1-5H3. The summed E-state index contributed by atoms with van der Waals surface area (Å²) in [5.74, 6) is 0.168. The van der Waals surface area contributed by atoms with Crippen LogP contribution in [0.25, 0.3) is 10.9 Å². The van der Waals surface area contributed by atoms with E-state index in [0.717, 1.165) is 22.9 Å². The monoisotopic (exact) mass is 346 g/mol. The summed E-state index contributed by atoms with van der Waals surface area (Å²) in [6.07, 6.45) is 1.44. The molecule has 2 aromatic rings. The molecule has 0 bridgehead atoms. The predicted molar refractivity (Wildman–Crippen MR) is 101 cm³/mol. The quantitative estimate of drug-likeness (QED) is 0.674.